The maximum atomic E-state index is 12.0. The number of hydrogen-bond acceptors (Lipinski definition) is 6. The second kappa shape index (κ2) is 8.09. The predicted molar refractivity (Wildman–Crippen MR) is 97.2 cm³/mol. The van der Waals surface area contributed by atoms with E-state index in [9.17, 15) is 19.7 Å². The molecule has 2 heterocycles. The fourth-order valence-corrected chi connectivity index (χ4v) is 2.44. The molecule has 138 valence electrons. The molecule has 1 aromatic carbocycles. The summed E-state index contributed by atoms with van der Waals surface area (Å²) in [6.07, 6.45) is 2.11. The highest BCUT2D eigenvalue weighted by molar-refractivity contribution is 5.90. The molecule has 3 aromatic rings. The minimum atomic E-state index is -0.507. The third kappa shape index (κ3) is 4.66. The fourth-order valence-electron chi connectivity index (χ4n) is 2.44. The first-order valence-corrected chi connectivity index (χ1v) is 8.19. The molecule has 0 aliphatic carbocycles. The summed E-state index contributed by atoms with van der Waals surface area (Å²) in [5.41, 5.74) is 0.701. The number of rotatable bonds is 7. The van der Waals surface area contributed by atoms with Crippen molar-refractivity contribution in [1.82, 2.24) is 9.78 Å². The highest BCUT2D eigenvalue weighted by Crippen LogP contribution is 2.16. The number of nitro groups is 1. The molecule has 9 heteroatoms. The summed E-state index contributed by atoms with van der Waals surface area (Å²) >= 11 is 0. The molecule has 3 rings (SSSR count). The molecular weight excluding hydrogens is 352 g/mol. The van der Waals surface area contributed by atoms with E-state index in [4.69, 9.17) is 4.42 Å². The van der Waals surface area contributed by atoms with Crippen molar-refractivity contribution in [1.29, 1.82) is 0 Å². The van der Waals surface area contributed by atoms with Crippen molar-refractivity contribution in [2.75, 3.05) is 5.32 Å². The van der Waals surface area contributed by atoms with Gasteiger partial charge in [-0.05, 0) is 36.8 Å². The highest BCUT2D eigenvalue weighted by atomic mass is 16.6. The summed E-state index contributed by atoms with van der Waals surface area (Å²) < 4.78 is 6.55. The van der Waals surface area contributed by atoms with Crippen LogP contribution >= 0.6 is 0 Å². The van der Waals surface area contributed by atoms with Gasteiger partial charge in [0.2, 0.25) is 5.91 Å². The van der Waals surface area contributed by atoms with Gasteiger partial charge < -0.3 is 9.73 Å². The molecule has 0 atom stereocenters. The molecule has 1 N–H and O–H groups in total. The zero-order chi connectivity index (χ0) is 19.2. The first kappa shape index (κ1) is 18.1. The lowest BCUT2D eigenvalue weighted by Crippen LogP contribution is -2.23. The Bertz CT molecular complexity index is 993. The Morgan fingerprint density at radius 2 is 1.96 bits per heavy atom. The summed E-state index contributed by atoms with van der Waals surface area (Å²) in [7, 11) is 0. The Morgan fingerprint density at radius 3 is 2.63 bits per heavy atom. The van der Waals surface area contributed by atoms with Crippen molar-refractivity contribution >= 4 is 17.3 Å². The average Bonchev–Trinajstić information content (AvgIpc) is 3.18. The van der Waals surface area contributed by atoms with Crippen LogP contribution in [0, 0.1) is 10.1 Å². The Hall–Kier alpha value is -3.75. The van der Waals surface area contributed by atoms with E-state index in [0.717, 1.165) is 0 Å². The van der Waals surface area contributed by atoms with Gasteiger partial charge in [0.15, 0.2) is 5.76 Å². The van der Waals surface area contributed by atoms with Gasteiger partial charge in [0.05, 0.1) is 11.2 Å². The van der Waals surface area contributed by atoms with Crippen LogP contribution in [0.5, 0.6) is 0 Å². The van der Waals surface area contributed by atoms with Crippen LogP contribution in [0.2, 0.25) is 0 Å². The van der Waals surface area contributed by atoms with E-state index in [1.165, 1.54) is 41.3 Å². The van der Waals surface area contributed by atoms with Crippen molar-refractivity contribution in [2.24, 2.45) is 0 Å². The zero-order valence-electron chi connectivity index (χ0n) is 14.2. The normalized spacial score (nSPS) is 10.5. The first-order chi connectivity index (χ1) is 13.0. The van der Waals surface area contributed by atoms with E-state index in [1.807, 2.05) is 0 Å². The number of carbonyl (C=O) groups is 1. The van der Waals surface area contributed by atoms with Crippen LogP contribution in [-0.2, 0) is 11.3 Å². The lowest BCUT2D eigenvalue weighted by molar-refractivity contribution is -0.384. The molecule has 1 amide bonds. The topological polar surface area (TPSA) is 120 Å². The van der Waals surface area contributed by atoms with Crippen LogP contribution in [0.1, 0.15) is 12.8 Å². The first-order valence-electron chi connectivity index (χ1n) is 8.19. The molecule has 0 unspecified atom stereocenters. The summed E-state index contributed by atoms with van der Waals surface area (Å²) in [5, 5.41) is 17.5. The summed E-state index contributed by atoms with van der Waals surface area (Å²) in [6, 6.07) is 12.0. The SMILES string of the molecule is O=C(CCCn1nc(-c2ccco2)ccc1=O)Nc1ccc([N+](=O)[O-])cc1. The molecular formula is C18H16N4O5. The second-order valence-electron chi connectivity index (χ2n) is 5.71. The number of hydrogen-bond donors (Lipinski definition) is 1. The average molecular weight is 368 g/mol. The number of nitrogens with one attached hydrogen (secondary N) is 1. The van der Waals surface area contributed by atoms with E-state index >= 15 is 0 Å². The molecule has 0 saturated heterocycles. The molecule has 0 saturated carbocycles. The van der Waals surface area contributed by atoms with Crippen molar-refractivity contribution in [2.45, 2.75) is 19.4 Å². The lowest BCUT2D eigenvalue weighted by atomic mass is 10.2. The fraction of sp³-hybridized carbons (Fsp3) is 0.167. The lowest BCUT2D eigenvalue weighted by Gasteiger charge is -2.07. The van der Waals surface area contributed by atoms with Gasteiger partial charge >= 0.3 is 0 Å². The van der Waals surface area contributed by atoms with Gasteiger partial charge in [0, 0.05) is 36.9 Å². The van der Waals surface area contributed by atoms with Crippen molar-refractivity contribution < 1.29 is 14.1 Å². The van der Waals surface area contributed by atoms with E-state index in [0.29, 0.717) is 23.6 Å². The van der Waals surface area contributed by atoms with Crippen LogP contribution in [0.15, 0.2) is 64.0 Å². The number of amides is 1. The number of anilines is 1. The summed E-state index contributed by atoms with van der Waals surface area (Å²) in [6.45, 7) is 0.279. The monoisotopic (exact) mass is 368 g/mol. The minimum Gasteiger partial charge on any atom is -0.463 e. The van der Waals surface area contributed by atoms with Gasteiger partial charge in [-0.3, -0.25) is 19.7 Å². The van der Waals surface area contributed by atoms with Crippen LogP contribution < -0.4 is 10.9 Å². The number of benzene rings is 1. The van der Waals surface area contributed by atoms with Gasteiger partial charge in [0.25, 0.3) is 11.2 Å². The van der Waals surface area contributed by atoms with Crippen LogP contribution in [0.25, 0.3) is 11.5 Å². The molecule has 0 aliphatic rings. The van der Waals surface area contributed by atoms with Gasteiger partial charge in [-0.15, -0.1) is 0 Å². The molecule has 27 heavy (non-hydrogen) atoms. The number of furan rings is 1. The van der Waals surface area contributed by atoms with Gasteiger partial charge in [-0.1, -0.05) is 0 Å². The van der Waals surface area contributed by atoms with Crippen LogP contribution in [0.3, 0.4) is 0 Å². The summed E-state index contributed by atoms with van der Waals surface area (Å²) in [4.78, 5) is 34.0. The number of nitro benzene ring substituents is 1. The van der Waals surface area contributed by atoms with Crippen molar-refractivity contribution in [3.8, 4) is 11.5 Å². The van der Waals surface area contributed by atoms with Crippen molar-refractivity contribution in [3.05, 3.63) is 75.3 Å². The Morgan fingerprint density at radius 1 is 1.19 bits per heavy atom. The minimum absolute atomic E-state index is 0.0464. The molecule has 0 fully saturated rings. The third-order valence-electron chi connectivity index (χ3n) is 3.78. The Kier molecular flexibility index (Phi) is 5.41. The van der Waals surface area contributed by atoms with Crippen LogP contribution in [-0.4, -0.2) is 20.6 Å². The number of carbonyl (C=O) groups excluding carboxylic acids is 1. The molecule has 0 spiro atoms. The molecule has 0 bridgehead atoms. The Labute approximate surface area is 153 Å². The van der Waals surface area contributed by atoms with Gasteiger partial charge in [-0.25, -0.2) is 4.68 Å². The van der Waals surface area contributed by atoms with E-state index in [-0.39, 0.29) is 30.1 Å². The van der Waals surface area contributed by atoms with Crippen molar-refractivity contribution in [3.63, 3.8) is 0 Å². The third-order valence-corrected chi connectivity index (χ3v) is 3.78. The van der Waals surface area contributed by atoms with E-state index in [1.54, 1.807) is 18.2 Å². The van der Waals surface area contributed by atoms with E-state index < -0.39 is 4.92 Å². The molecule has 0 radical (unpaired) electrons. The maximum absolute atomic E-state index is 12.0. The number of nitrogens with zero attached hydrogens (tertiary/aromatic N) is 3. The predicted octanol–water partition coefficient (Wildman–Crippen LogP) is 2.83. The van der Waals surface area contributed by atoms with Gasteiger partial charge in [-0.2, -0.15) is 5.10 Å². The highest BCUT2D eigenvalue weighted by Gasteiger charge is 2.08. The quantitative estimate of drug-likeness (QED) is 0.506. The number of non-ortho nitro benzene ring substituents is 1. The number of aromatic nitrogens is 2. The molecule has 9 nitrogen and oxygen atoms in total. The van der Waals surface area contributed by atoms with E-state index in [2.05, 4.69) is 10.4 Å². The second-order valence-corrected chi connectivity index (χ2v) is 5.71. The van der Waals surface area contributed by atoms with Crippen LogP contribution in [0.4, 0.5) is 11.4 Å². The Balaban J connectivity index is 1.55. The molecule has 2 aromatic heterocycles. The number of aryl methyl sites for hydroxylation is 1. The largest absolute Gasteiger partial charge is 0.463 e. The standard InChI is InChI=1S/C18H16N4O5/c23-17(19-13-5-7-14(8-6-13)22(25)26)4-1-11-21-18(24)10-9-15(20-21)16-3-2-12-27-16/h2-3,5-10,12H,1,4,11H2,(H,19,23). The summed E-state index contributed by atoms with van der Waals surface area (Å²) in [5.74, 6) is 0.304. The smallest absolute Gasteiger partial charge is 0.269 e. The van der Waals surface area contributed by atoms with Gasteiger partial charge in [0.1, 0.15) is 5.69 Å². The maximum Gasteiger partial charge on any atom is 0.269 e. The zero-order valence-corrected chi connectivity index (χ0v) is 14.2. The molecule has 0 aliphatic heterocycles.